The highest BCUT2D eigenvalue weighted by Crippen LogP contribution is 2.37. The smallest absolute Gasteiger partial charge is 0.237 e. The largest absolute Gasteiger partial charge is 0.368 e. The summed E-state index contributed by atoms with van der Waals surface area (Å²) in [4.78, 5) is 19.4. The van der Waals surface area contributed by atoms with Gasteiger partial charge in [-0.25, -0.2) is 9.97 Å². The Morgan fingerprint density at radius 3 is 2.75 bits per heavy atom. The molecule has 16 heavy (non-hydrogen) atoms. The van der Waals surface area contributed by atoms with Gasteiger partial charge >= 0.3 is 0 Å². The Hall–Kier alpha value is -1.14. The van der Waals surface area contributed by atoms with Crippen molar-refractivity contribution in [1.29, 1.82) is 0 Å². The first kappa shape index (κ1) is 11.3. The first-order chi connectivity index (χ1) is 7.60. The second-order valence-electron chi connectivity index (χ2n) is 4.03. The van der Waals surface area contributed by atoms with E-state index in [1.807, 2.05) is 0 Å². The lowest BCUT2D eigenvalue weighted by atomic mass is 9.99. The van der Waals surface area contributed by atoms with E-state index in [-0.39, 0.29) is 5.25 Å². The SMILES string of the molecule is NC(=O)C1(N)CCC(Sc2ncccn2)C1. The Morgan fingerprint density at radius 2 is 2.19 bits per heavy atom. The Kier molecular flexibility index (Phi) is 3.11. The number of amides is 1. The molecule has 5 nitrogen and oxygen atoms in total. The zero-order chi connectivity index (χ0) is 11.6. The molecule has 0 spiro atoms. The number of carbonyl (C=O) groups excluding carboxylic acids is 1. The maximum Gasteiger partial charge on any atom is 0.237 e. The van der Waals surface area contributed by atoms with Crippen molar-refractivity contribution >= 4 is 17.7 Å². The van der Waals surface area contributed by atoms with Crippen LogP contribution in [0.25, 0.3) is 0 Å². The van der Waals surface area contributed by atoms with Gasteiger partial charge in [0.2, 0.25) is 5.91 Å². The predicted octanol–water partition coefficient (Wildman–Crippen LogP) is 0.304. The summed E-state index contributed by atoms with van der Waals surface area (Å²) in [6.07, 6.45) is 5.53. The number of thioether (sulfide) groups is 1. The fraction of sp³-hybridized carbons (Fsp3) is 0.500. The van der Waals surface area contributed by atoms with Crippen LogP contribution in [-0.2, 0) is 4.79 Å². The number of aromatic nitrogens is 2. The van der Waals surface area contributed by atoms with Gasteiger partial charge in [-0.3, -0.25) is 4.79 Å². The number of rotatable bonds is 3. The van der Waals surface area contributed by atoms with Gasteiger partial charge in [-0.05, 0) is 25.3 Å². The Balaban J connectivity index is 1.98. The molecule has 0 radical (unpaired) electrons. The van der Waals surface area contributed by atoms with E-state index < -0.39 is 11.4 Å². The van der Waals surface area contributed by atoms with Crippen molar-refractivity contribution in [2.75, 3.05) is 0 Å². The third kappa shape index (κ3) is 2.33. The van der Waals surface area contributed by atoms with E-state index in [2.05, 4.69) is 9.97 Å². The Bertz CT molecular complexity index is 386. The van der Waals surface area contributed by atoms with Gasteiger partial charge in [0.05, 0.1) is 5.54 Å². The summed E-state index contributed by atoms with van der Waals surface area (Å²) in [6, 6.07) is 1.77. The molecule has 1 amide bonds. The highest BCUT2D eigenvalue weighted by Gasteiger charge is 2.41. The van der Waals surface area contributed by atoms with Crippen molar-refractivity contribution in [3.63, 3.8) is 0 Å². The van der Waals surface area contributed by atoms with Crippen LogP contribution >= 0.6 is 11.8 Å². The maximum atomic E-state index is 11.2. The van der Waals surface area contributed by atoms with Crippen LogP contribution in [0.15, 0.2) is 23.6 Å². The van der Waals surface area contributed by atoms with E-state index in [0.29, 0.717) is 12.8 Å². The zero-order valence-electron chi connectivity index (χ0n) is 8.80. The van der Waals surface area contributed by atoms with Crippen molar-refractivity contribution in [3.05, 3.63) is 18.5 Å². The van der Waals surface area contributed by atoms with E-state index in [4.69, 9.17) is 11.5 Å². The molecule has 86 valence electrons. The molecule has 2 unspecified atom stereocenters. The van der Waals surface area contributed by atoms with Crippen LogP contribution in [0.2, 0.25) is 0 Å². The summed E-state index contributed by atoms with van der Waals surface area (Å²) < 4.78 is 0. The van der Waals surface area contributed by atoms with Gasteiger partial charge in [-0.2, -0.15) is 0 Å². The van der Waals surface area contributed by atoms with Gasteiger partial charge in [0.15, 0.2) is 5.16 Å². The quantitative estimate of drug-likeness (QED) is 0.739. The van der Waals surface area contributed by atoms with Crippen LogP contribution in [0.5, 0.6) is 0 Å². The molecule has 1 aromatic rings. The molecule has 1 aromatic heterocycles. The summed E-state index contributed by atoms with van der Waals surface area (Å²) in [5, 5.41) is 1.00. The molecule has 2 atom stereocenters. The van der Waals surface area contributed by atoms with Crippen LogP contribution in [-0.4, -0.2) is 26.7 Å². The predicted molar refractivity (Wildman–Crippen MR) is 61.6 cm³/mol. The number of primary amides is 1. The van der Waals surface area contributed by atoms with E-state index in [9.17, 15) is 4.79 Å². The molecule has 1 aliphatic carbocycles. The zero-order valence-corrected chi connectivity index (χ0v) is 9.61. The lowest BCUT2D eigenvalue weighted by molar-refractivity contribution is -0.122. The molecular formula is C10H14N4OS. The maximum absolute atomic E-state index is 11.2. The summed E-state index contributed by atoms with van der Waals surface area (Å²) in [5.41, 5.74) is 10.4. The normalized spacial score (nSPS) is 29.2. The number of hydrogen-bond acceptors (Lipinski definition) is 5. The monoisotopic (exact) mass is 238 g/mol. The van der Waals surface area contributed by atoms with E-state index in [1.54, 1.807) is 30.2 Å². The number of nitrogens with two attached hydrogens (primary N) is 2. The summed E-state index contributed by atoms with van der Waals surface area (Å²) in [7, 11) is 0. The van der Waals surface area contributed by atoms with E-state index in [1.165, 1.54) is 0 Å². The molecule has 6 heteroatoms. The lowest BCUT2D eigenvalue weighted by Crippen LogP contribution is -2.50. The molecule has 0 bridgehead atoms. The molecule has 2 rings (SSSR count). The standard InChI is InChI=1S/C10H14N4OS/c11-8(15)10(12)3-2-7(6-10)16-9-13-4-1-5-14-9/h1,4-5,7H,2-3,6,12H2,(H2,11,15). The summed E-state index contributed by atoms with van der Waals surface area (Å²) >= 11 is 1.56. The topological polar surface area (TPSA) is 94.9 Å². The average molecular weight is 238 g/mol. The first-order valence-corrected chi connectivity index (χ1v) is 6.00. The molecule has 0 saturated heterocycles. The third-order valence-corrected chi connectivity index (χ3v) is 3.97. The van der Waals surface area contributed by atoms with Crippen LogP contribution in [0.3, 0.4) is 0 Å². The second-order valence-corrected chi connectivity index (χ2v) is 5.30. The van der Waals surface area contributed by atoms with Gasteiger partial charge in [-0.1, -0.05) is 11.8 Å². The van der Waals surface area contributed by atoms with Crippen molar-refractivity contribution in [1.82, 2.24) is 9.97 Å². The summed E-state index contributed by atoms with van der Waals surface area (Å²) in [6.45, 7) is 0. The lowest BCUT2D eigenvalue weighted by Gasteiger charge is -2.18. The van der Waals surface area contributed by atoms with Crippen LogP contribution in [0, 0.1) is 0 Å². The highest BCUT2D eigenvalue weighted by molar-refractivity contribution is 7.99. The van der Waals surface area contributed by atoms with Gasteiger partial charge in [0.1, 0.15) is 0 Å². The number of nitrogens with zero attached hydrogens (tertiary/aromatic N) is 2. The van der Waals surface area contributed by atoms with Crippen LogP contribution < -0.4 is 11.5 Å². The fourth-order valence-corrected chi connectivity index (χ4v) is 3.01. The molecule has 1 fully saturated rings. The minimum absolute atomic E-state index is 0.278. The second kappa shape index (κ2) is 4.39. The molecule has 4 N–H and O–H groups in total. The Labute approximate surface area is 98.0 Å². The molecule has 0 aromatic carbocycles. The minimum Gasteiger partial charge on any atom is -0.368 e. The van der Waals surface area contributed by atoms with Crippen molar-refractivity contribution in [3.8, 4) is 0 Å². The molecular weight excluding hydrogens is 224 g/mol. The molecule has 1 heterocycles. The van der Waals surface area contributed by atoms with Gasteiger partial charge in [-0.15, -0.1) is 0 Å². The first-order valence-electron chi connectivity index (χ1n) is 5.13. The van der Waals surface area contributed by atoms with Gasteiger partial charge in [0, 0.05) is 17.6 Å². The van der Waals surface area contributed by atoms with Crippen LogP contribution in [0.1, 0.15) is 19.3 Å². The van der Waals surface area contributed by atoms with Gasteiger partial charge < -0.3 is 11.5 Å². The molecule has 1 saturated carbocycles. The highest BCUT2D eigenvalue weighted by atomic mass is 32.2. The van der Waals surface area contributed by atoms with E-state index >= 15 is 0 Å². The Morgan fingerprint density at radius 1 is 1.50 bits per heavy atom. The average Bonchev–Trinajstić information content (AvgIpc) is 2.63. The van der Waals surface area contributed by atoms with Crippen LogP contribution in [0.4, 0.5) is 0 Å². The van der Waals surface area contributed by atoms with Crippen molar-refractivity contribution < 1.29 is 4.79 Å². The van der Waals surface area contributed by atoms with Crippen molar-refractivity contribution in [2.24, 2.45) is 11.5 Å². The molecule has 0 aliphatic heterocycles. The third-order valence-electron chi connectivity index (χ3n) is 2.81. The number of carbonyl (C=O) groups is 1. The van der Waals surface area contributed by atoms with Crippen molar-refractivity contribution in [2.45, 2.75) is 35.2 Å². The van der Waals surface area contributed by atoms with E-state index in [0.717, 1.165) is 11.6 Å². The van der Waals surface area contributed by atoms with Gasteiger partial charge in [0.25, 0.3) is 0 Å². The summed E-state index contributed by atoms with van der Waals surface area (Å²) in [5.74, 6) is -0.412. The minimum atomic E-state index is -0.841. The molecule has 1 aliphatic rings. The fourth-order valence-electron chi connectivity index (χ4n) is 1.85. The number of hydrogen-bond donors (Lipinski definition) is 2.